The van der Waals surface area contributed by atoms with Crippen LogP contribution >= 0.6 is 11.6 Å². The van der Waals surface area contributed by atoms with Crippen LogP contribution in [0, 0.1) is 18.3 Å². The largest absolute Gasteiger partial charge is 0.392 e. The van der Waals surface area contributed by atoms with Gasteiger partial charge in [0, 0.05) is 6.54 Å². The van der Waals surface area contributed by atoms with E-state index in [2.05, 4.69) is 10.8 Å². The zero-order valence-electron chi connectivity index (χ0n) is 9.69. The molecule has 0 amide bonds. The first-order valence-corrected chi connectivity index (χ1v) is 6.20. The molecule has 2 nitrogen and oxygen atoms in total. The third-order valence-electron chi connectivity index (χ3n) is 2.99. The number of aliphatic hydroxyl groups is 1. The van der Waals surface area contributed by atoms with E-state index in [0.29, 0.717) is 11.6 Å². The van der Waals surface area contributed by atoms with Crippen molar-refractivity contribution in [1.82, 2.24) is 0 Å². The highest BCUT2D eigenvalue weighted by atomic mass is 35.5. The van der Waals surface area contributed by atoms with Crippen LogP contribution in [-0.2, 0) is 6.61 Å². The molecule has 90 valence electrons. The molecule has 2 rings (SSSR count). The van der Waals surface area contributed by atoms with Gasteiger partial charge in [0.25, 0.3) is 0 Å². The van der Waals surface area contributed by atoms with E-state index in [1.807, 2.05) is 12.1 Å². The summed E-state index contributed by atoms with van der Waals surface area (Å²) in [5.41, 5.74) is 1.79. The zero-order valence-corrected chi connectivity index (χ0v) is 10.5. The summed E-state index contributed by atoms with van der Waals surface area (Å²) in [6.45, 7) is 1.56. The van der Waals surface area contributed by atoms with Crippen LogP contribution in [0.1, 0.15) is 18.4 Å². The predicted octanol–water partition coefficient (Wildman–Crippen LogP) is 2.68. The molecule has 1 aromatic rings. The van der Waals surface area contributed by atoms with Gasteiger partial charge in [0.1, 0.15) is 0 Å². The van der Waals surface area contributed by atoms with Crippen molar-refractivity contribution < 1.29 is 5.11 Å². The van der Waals surface area contributed by atoms with Gasteiger partial charge in [-0.05, 0) is 36.5 Å². The van der Waals surface area contributed by atoms with E-state index in [-0.39, 0.29) is 6.61 Å². The fourth-order valence-corrected chi connectivity index (χ4v) is 2.20. The van der Waals surface area contributed by atoms with Crippen LogP contribution in [0.4, 0.5) is 5.69 Å². The van der Waals surface area contributed by atoms with Gasteiger partial charge < -0.3 is 10.0 Å². The molecule has 0 saturated heterocycles. The minimum Gasteiger partial charge on any atom is -0.392 e. The second-order valence-electron chi connectivity index (χ2n) is 4.47. The topological polar surface area (TPSA) is 23.5 Å². The second-order valence-corrected chi connectivity index (χ2v) is 4.88. The number of aliphatic hydroxyl groups excluding tert-OH is 1. The Morgan fingerprint density at radius 3 is 2.76 bits per heavy atom. The Labute approximate surface area is 107 Å². The molecule has 0 aromatic heterocycles. The quantitative estimate of drug-likeness (QED) is 0.811. The van der Waals surface area contributed by atoms with E-state index >= 15 is 0 Å². The van der Waals surface area contributed by atoms with Gasteiger partial charge in [0.2, 0.25) is 0 Å². The molecule has 1 saturated carbocycles. The van der Waals surface area contributed by atoms with Crippen molar-refractivity contribution in [2.75, 3.05) is 18.0 Å². The van der Waals surface area contributed by atoms with Gasteiger partial charge in [-0.25, -0.2) is 0 Å². The highest BCUT2D eigenvalue weighted by Gasteiger charge is 2.24. The third-order valence-corrected chi connectivity index (χ3v) is 3.30. The van der Waals surface area contributed by atoms with E-state index < -0.39 is 0 Å². The van der Waals surface area contributed by atoms with Crippen molar-refractivity contribution in [2.24, 2.45) is 5.92 Å². The smallest absolute Gasteiger partial charge is 0.0792 e. The van der Waals surface area contributed by atoms with Crippen molar-refractivity contribution in [3.05, 3.63) is 28.8 Å². The summed E-state index contributed by atoms with van der Waals surface area (Å²) in [4.78, 5) is 2.14. The van der Waals surface area contributed by atoms with Crippen LogP contribution < -0.4 is 4.90 Å². The molecular weight excluding hydrogens is 234 g/mol. The monoisotopic (exact) mass is 249 g/mol. The number of benzene rings is 1. The zero-order chi connectivity index (χ0) is 12.3. The fraction of sp³-hybridized carbons (Fsp3) is 0.429. The van der Waals surface area contributed by atoms with Gasteiger partial charge >= 0.3 is 0 Å². The summed E-state index contributed by atoms with van der Waals surface area (Å²) >= 11 is 6.22. The van der Waals surface area contributed by atoms with E-state index in [4.69, 9.17) is 23.1 Å². The first kappa shape index (κ1) is 12.3. The Balaban J connectivity index is 2.19. The normalized spacial score (nSPS) is 14.4. The number of anilines is 1. The molecule has 17 heavy (non-hydrogen) atoms. The van der Waals surface area contributed by atoms with E-state index in [0.717, 1.165) is 23.7 Å². The van der Waals surface area contributed by atoms with Gasteiger partial charge in [-0.2, -0.15) is 0 Å². The standard InChI is InChI=1S/C14H16ClNO/c1-2-7-16(9-11-3-4-11)14-6-5-12(10-17)8-13(14)15/h1,5-6,8,11,17H,3-4,7,9-10H2. The van der Waals surface area contributed by atoms with Crippen LogP contribution in [0.25, 0.3) is 0 Å². The minimum atomic E-state index is 0.0117. The van der Waals surface area contributed by atoms with Gasteiger partial charge in [-0.15, -0.1) is 6.42 Å². The summed E-state index contributed by atoms with van der Waals surface area (Å²) in [5.74, 6) is 3.43. The number of halogens is 1. The molecule has 3 heteroatoms. The average Bonchev–Trinajstić information content (AvgIpc) is 3.12. The van der Waals surface area contributed by atoms with Gasteiger partial charge in [-0.1, -0.05) is 23.6 Å². The molecule has 1 aromatic carbocycles. The Hall–Kier alpha value is -1.17. The van der Waals surface area contributed by atoms with Crippen LogP contribution in [0.2, 0.25) is 5.02 Å². The maximum Gasteiger partial charge on any atom is 0.0792 e. The van der Waals surface area contributed by atoms with Crippen molar-refractivity contribution in [3.8, 4) is 12.3 Å². The van der Waals surface area contributed by atoms with Crippen molar-refractivity contribution in [1.29, 1.82) is 0 Å². The van der Waals surface area contributed by atoms with E-state index in [1.165, 1.54) is 12.8 Å². The molecule has 0 heterocycles. The molecule has 0 aliphatic heterocycles. The lowest BCUT2D eigenvalue weighted by Gasteiger charge is -2.23. The average molecular weight is 250 g/mol. The first-order chi connectivity index (χ1) is 8.24. The summed E-state index contributed by atoms with van der Waals surface area (Å²) < 4.78 is 0. The molecule has 1 N–H and O–H groups in total. The van der Waals surface area contributed by atoms with Crippen LogP contribution in [0.5, 0.6) is 0 Å². The Morgan fingerprint density at radius 2 is 2.24 bits per heavy atom. The number of terminal acetylenes is 1. The summed E-state index contributed by atoms with van der Waals surface area (Å²) in [5, 5.41) is 9.71. The van der Waals surface area contributed by atoms with Gasteiger partial charge in [0.15, 0.2) is 0 Å². The lowest BCUT2D eigenvalue weighted by atomic mass is 10.2. The number of hydrogen-bond donors (Lipinski definition) is 1. The maximum absolute atomic E-state index is 9.05. The Kier molecular flexibility index (Phi) is 3.93. The minimum absolute atomic E-state index is 0.0117. The Bertz CT molecular complexity index is 434. The van der Waals surface area contributed by atoms with Crippen molar-refractivity contribution in [2.45, 2.75) is 19.4 Å². The number of rotatable bonds is 5. The lowest BCUT2D eigenvalue weighted by Crippen LogP contribution is -2.26. The highest BCUT2D eigenvalue weighted by molar-refractivity contribution is 6.33. The fourth-order valence-electron chi connectivity index (χ4n) is 1.88. The Morgan fingerprint density at radius 1 is 1.47 bits per heavy atom. The molecule has 0 radical (unpaired) electrons. The van der Waals surface area contributed by atoms with Crippen LogP contribution in [-0.4, -0.2) is 18.2 Å². The van der Waals surface area contributed by atoms with Crippen LogP contribution in [0.3, 0.4) is 0 Å². The third kappa shape index (κ3) is 3.15. The molecule has 1 fully saturated rings. The summed E-state index contributed by atoms with van der Waals surface area (Å²) in [6.07, 6.45) is 7.96. The van der Waals surface area contributed by atoms with Crippen molar-refractivity contribution in [3.63, 3.8) is 0 Å². The highest BCUT2D eigenvalue weighted by Crippen LogP contribution is 2.34. The van der Waals surface area contributed by atoms with E-state index in [9.17, 15) is 0 Å². The lowest BCUT2D eigenvalue weighted by molar-refractivity contribution is 0.282. The maximum atomic E-state index is 9.05. The van der Waals surface area contributed by atoms with Crippen molar-refractivity contribution >= 4 is 17.3 Å². The molecule has 0 spiro atoms. The number of hydrogen-bond acceptors (Lipinski definition) is 2. The summed E-state index contributed by atoms with van der Waals surface area (Å²) in [7, 11) is 0. The van der Waals surface area contributed by atoms with Gasteiger partial charge in [0.05, 0.1) is 23.9 Å². The van der Waals surface area contributed by atoms with Gasteiger partial charge in [-0.3, -0.25) is 0 Å². The number of nitrogens with zero attached hydrogens (tertiary/aromatic N) is 1. The molecule has 1 aliphatic carbocycles. The molecule has 1 aliphatic rings. The van der Waals surface area contributed by atoms with E-state index in [1.54, 1.807) is 6.07 Å². The van der Waals surface area contributed by atoms with Crippen LogP contribution in [0.15, 0.2) is 18.2 Å². The SMILES string of the molecule is C#CCN(CC1CC1)c1ccc(CO)cc1Cl. The first-order valence-electron chi connectivity index (χ1n) is 5.82. The molecule has 0 atom stereocenters. The molecule has 0 bridgehead atoms. The molecule has 0 unspecified atom stereocenters. The summed E-state index contributed by atoms with van der Waals surface area (Å²) in [6, 6.07) is 5.62. The second kappa shape index (κ2) is 5.44. The predicted molar refractivity (Wildman–Crippen MR) is 71.1 cm³/mol. The molecular formula is C14H16ClNO.